The number of carbonyl (C=O) groups is 2. The van der Waals surface area contributed by atoms with Crippen LogP contribution in [0.2, 0.25) is 0 Å². The first-order valence-corrected chi connectivity index (χ1v) is 6.53. The first-order chi connectivity index (χ1) is 10.1. The minimum Gasteiger partial charge on any atom is -0.323 e. The Hall–Kier alpha value is -2.69. The van der Waals surface area contributed by atoms with Crippen molar-refractivity contribution in [2.75, 3.05) is 16.8 Å². The molecule has 0 aliphatic carbocycles. The van der Waals surface area contributed by atoms with Crippen LogP contribution in [0.3, 0.4) is 0 Å². The molecule has 4 nitrogen and oxygen atoms in total. The number of hydrogen-bond acceptors (Lipinski definition) is 2. The summed E-state index contributed by atoms with van der Waals surface area (Å²) in [5.74, 6) is -1.12. The van der Waals surface area contributed by atoms with E-state index in [0.29, 0.717) is 16.9 Å². The summed E-state index contributed by atoms with van der Waals surface area (Å²) >= 11 is 0. The zero-order valence-electron chi connectivity index (χ0n) is 11.4. The normalized spacial score (nSPS) is 13.6. The molecule has 0 unspecified atom stereocenters. The minimum absolute atomic E-state index is 0.0776. The summed E-state index contributed by atoms with van der Waals surface area (Å²) < 4.78 is 13.4. The van der Waals surface area contributed by atoms with E-state index in [2.05, 4.69) is 5.32 Å². The highest BCUT2D eigenvalue weighted by molar-refractivity contribution is 6.15. The highest BCUT2D eigenvalue weighted by Gasteiger charge is 2.28. The van der Waals surface area contributed by atoms with E-state index < -0.39 is 5.82 Å². The second-order valence-corrected chi connectivity index (χ2v) is 4.92. The number of rotatable bonds is 1. The molecule has 0 bridgehead atoms. The largest absolute Gasteiger partial charge is 0.323 e. The third-order valence-corrected chi connectivity index (χ3v) is 3.45. The van der Waals surface area contributed by atoms with Gasteiger partial charge < -0.3 is 5.32 Å². The summed E-state index contributed by atoms with van der Waals surface area (Å²) in [5, 5.41) is 2.72. The zero-order valence-corrected chi connectivity index (χ0v) is 11.4. The smallest absolute Gasteiger partial charge is 0.259 e. The lowest BCUT2D eigenvalue weighted by Crippen LogP contribution is -2.42. The second-order valence-electron chi connectivity index (χ2n) is 4.92. The van der Waals surface area contributed by atoms with Gasteiger partial charge in [-0.15, -0.1) is 0 Å². The molecule has 2 aromatic carbocycles. The van der Waals surface area contributed by atoms with Gasteiger partial charge in [0.15, 0.2) is 0 Å². The number of carbonyl (C=O) groups excluding carboxylic acids is 2. The highest BCUT2D eigenvalue weighted by atomic mass is 19.1. The average molecular weight is 284 g/mol. The Balaban J connectivity index is 2.06. The first-order valence-electron chi connectivity index (χ1n) is 6.53. The molecule has 1 aliphatic heterocycles. The van der Waals surface area contributed by atoms with E-state index in [4.69, 9.17) is 0 Å². The van der Waals surface area contributed by atoms with Crippen LogP contribution in [0, 0.1) is 12.7 Å². The van der Waals surface area contributed by atoms with Crippen molar-refractivity contribution < 1.29 is 14.0 Å². The molecule has 2 aromatic rings. The van der Waals surface area contributed by atoms with E-state index in [-0.39, 0.29) is 23.9 Å². The van der Waals surface area contributed by atoms with E-state index in [1.165, 1.54) is 17.0 Å². The summed E-state index contributed by atoms with van der Waals surface area (Å²) in [4.78, 5) is 25.8. The number of nitrogens with zero attached hydrogens (tertiary/aromatic N) is 1. The van der Waals surface area contributed by atoms with Crippen LogP contribution in [0.4, 0.5) is 15.8 Å². The molecule has 0 radical (unpaired) electrons. The molecular weight excluding hydrogens is 271 g/mol. The van der Waals surface area contributed by atoms with Crippen LogP contribution in [0.15, 0.2) is 42.5 Å². The summed E-state index contributed by atoms with van der Waals surface area (Å²) in [5.41, 5.74) is 2.13. The van der Waals surface area contributed by atoms with Gasteiger partial charge in [0.1, 0.15) is 12.4 Å². The first kappa shape index (κ1) is 13.3. The molecular formula is C16H13FN2O2. The van der Waals surface area contributed by atoms with Crippen LogP contribution in [0.5, 0.6) is 0 Å². The zero-order chi connectivity index (χ0) is 15.0. The molecule has 0 saturated heterocycles. The molecule has 0 atom stereocenters. The summed E-state index contributed by atoms with van der Waals surface area (Å²) in [6, 6.07) is 11.1. The fourth-order valence-electron chi connectivity index (χ4n) is 2.38. The van der Waals surface area contributed by atoms with Gasteiger partial charge in [0, 0.05) is 5.56 Å². The molecule has 1 aliphatic rings. The van der Waals surface area contributed by atoms with Crippen molar-refractivity contribution in [1.29, 1.82) is 0 Å². The fourth-order valence-corrected chi connectivity index (χ4v) is 2.38. The third kappa shape index (κ3) is 2.38. The molecule has 0 aromatic heterocycles. The van der Waals surface area contributed by atoms with Crippen molar-refractivity contribution in [1.82, 2.24) is 0 Å². The van der Waals surface area contributed by atoms with Gasteiger partial charge in [-0.3, -0.25) is 14.5 Å². The number of amides is 2. The van der Waals surface area contributed by atoms with E-state index in [1.807, 2.05) is 0 Å². The quantitative estimate of drug-likeness (QED) is 0.875. The molecule has 1 heterocycles. The maximum absolute atomic E-state index is 13.4. The maximum Gasteiger partial charge on any atom is 0.259 e. The minimum atomic E-state index is -0.473. The Morgan fingerprint density at radius 1 is 1.24 bits per heavy atom. The van der Waals surface area contributed by atoms with Crippen molar-refractivity contribution >= 4 is 23.2 Å². The number of hydrogen-bond donors (Lipinski definition) is 1. The Bertz CT molecular complexity index is 743. The number of nitrogens with one attached hydrogen (secondary N) is 1. The SMILES string of the molecule is Cc1ccc(F)cc1C(=O)N1CC(=O)Nc2ccccc21. The number of aryl methyl sites for hydroxylation is 1. The molecule has 3 rings (SSSR count). The van der Waals surface area contributed by atoms with Gasteiger partial charge in [0.05, 0.1) is 11.4 Å². The Labute approximate surface area is 121 Å². The van der Waals surface area contributed by atoms with Crippen molar-refractivity contribution in [2.45, 2.75) is 6.92 Å². The number of anilines is 2. The molecule has 106 valence electrons. The van der Waals surface area contributed by atoms with Crippen molar-refractivity contribution in [3.63, 3.8) is 0 Å². The third-order valence-electron chi connectivity index (χ3n) is 3.45. The molecule has 0 spiro atoms. The number of benzene rings is 2. The number of fused-ring (bicyclic) bond motifs is 1. The number of para-hydroxylation sites is 2. The summed E-state index contributed by atoms with van der Waals surface area (Å²) in [6.45, 7) is 1.66. The lowest BCUT2D eigenvalue weighted by atomic mass is 10.1. The van der Waals surface area contributed by atoms with Gasteiger partial charge in [-0.1, -0.05) is 18.2 Å². The lowest BCUT2D eigenvalue weighted by molar-refractivity contribution is -0.115. The molecule has 2 amide bonds. The molecule has 1 N–H and O–H groups in total. The van der Waals surface area contributed by atoms with Gasteiger partial charge in [-0.2, -0.15) is 0 Å². The van der Waals surface area contributed by atoms with Crippen LogP contribution in [-0.4, -0.2) is 18.4 Å². The molecule has 0 saturated carbocycles. The van der Waals surface area contributed by atoms with Gasteiger partial charge >= 0.3 is 0 Å². The van der Waals surface area contributed by atoms with Crippen molar-refractivity contribution in [2.24, 2.45) is 0 Å². The molecule has 0 fully saturated rings. The van der Waals surface area contributed by atoms with Crippen LogP contribution in [0.25, 0.3) is 0 Å². The molecule has 21 heavy (non-hydrogen) atoms. The summed E-state index contributed by atoms with van der Waals surface area (Å²) in [7, 11) is 0. The van der Waals surface area contributed by atoms with Crippen LogP contribution in [0.1, 0.15) is 15.9 Å². The topological polar surface area (TPSA) is 49.4 Å². The standard InChI is InChI=1S/C16H13FN2O2/c1-10-6-7-11(17)8-12(10)16(21)19-9-15(20)18-13-4-2-3-5-14(13)19/h2-8H,9H2,1H3,(H,18,20). The van der Waals surface area contributed by atoms with Crippen LogP contribution >= 0.6 is 0 Å². The Morgan fingerprint density at radius 3 is 2.81 bits per heavy atom. The maximum atomic E-state index is 13.4. The van der Waals surface area contributed by atoms with E-state index in [9.17, 15) is 14.0 Å². The van der Waals surface area contributed by atoms with Crippen LogP contribution in [-0.2, 0) is 4.79 Å². The second kappa shape index (κ2) is 5.01. The van der Waals surface area contributed by atoms with E-state index >= 15 is 0 Å². The van der Waals surface area contributed by atoms with Crippen molar-refractivity contribution in [3.8, 4) is 0 Å². The van der Waals surface area contributed by atoms with Gasteiger partial charge in [0.25, 0.3) is 5.91 Å². The average Bonchev–Trinajstić information content (AvgIpc) is 2.48. The predicted octanol–water partition coefficient (Wildman–Crippen LogP) is 2.73. The van der Waals surface area contributed by atoms with Gasteiger partial charge in [-0.25, -0.2) is 4.39 Å². The van der Waals surface area contributed by atoms with Gasteiger partial charge in [-0.05, 0) is 36.8 Å². The Morgan fingerprint density at radius 2 is 2.00 bits per heavy atom. The molecule has 5 heteroatoms. The lowest BCUT2D eigenvalue weighted by Gasteiger charge is -2.29. The van der Waals surface area contributed by atoms with Crippen molar-refractivity contribution in [3.05, 3.63) is 59.4 Å². The summed E-state index contributed by atoms with van der Waals surface area (Å²) in [6.07, 6.45) is 0. The fraction of sp³-hybridized carbons (Fsp3) is 0.125. The highest BCUT2D eigenvalue weighted by Crippen LogP contribution is 2.30. The predicted molar refractivity (Wildman–Crippen MR) is 77.9 cm³/mol. The number of halogens is 1. The Kier molecular flexibility index (Phi) is 3.17. The van der Waals surface area contributed by atoms with Crippen LogP contribution < -0.4 is 10.2 Å². The van der Waals surface area contributed by atoms with E-state index in [0.717, 1.165) is 0 Å². The monoisotopic (exact) mass is 284 g/mol. The van der Waals surface area contributed by atoms with Gasteiger partial charge in [0.2, 0.25) is 5.91 Å². The van der Waals surface area contributed by atoms with E-state index in [1.54, 1.807) is 37.3 Å².